The first kappa shape index (κ1) is 17.9. The van der Waals surface area contributed by atoms with E-state index in [2.05, 4.69) is 10.3 Å². The molecule has 136 valence electrons. The molecule has 6 heteroatoms. The zero-order valence-electron chi connectivity index (χ0n) is 15.1. The molecule has 2 heterocycles. The monoisotopic (exact) mass is 353 g/mol. The number of likely N-dealkylation sites (tertiary alicyclic amines) is 1. The topological polar surface area (TPSA) is 71.5 Å². The highest BCUT2D eigenvalue weighted by Gasteiger charge is 2.34. The third-order valence-electron chi connectivity index (χ3n) is 4.55. The van der Waals surface area contributed by atoms with E-state index in [1.807, 2.05) is 37.3 Å². The smallest absolute Gasteiger partial charge is 0.225 e. The van der Waals surface area contributed by atoms with Crippen LogP contribution in [0.5, 0.6) is 5.88 Å². The third-order valence-corrected chi connectivity index (χ3v) is 4.55. The number of aryl methyl sites for hydroxylation is 1. The fourth-order valence-corrected chi connectivity index (χ4v) is 3.02. The Morgan fingerprint density at radius 3 is 2.77 bits per heavy atom. The van der Waals surface area contributed by atoms with E-state index < -0.39 is 0 Å². The average Bonchev–Trinajstić information content (AvgIpc) is 3.02. The summed E-state index contributed by atoms with van der Waals surface area (Å²) >= 11 is 0. The molecule has 6 nitrogen and oxygen atoms in total. The number of carbonyl (C=O) groups excluding carboxylic acids is 2. The van der Waals surface area contributed by atoms with Crippen LogP contribution in [0.1, 0.15) is 23.1 Å². The molecule has 0 radical (unpaired) electrons. The zero-order chi connectivity index (χ0) is 18.5. The van der Waals surface area contributed by atoms with Gasteiger partial charge in [0.15, 0.2) is 0 Å². The van der Waals surface area contributed by atoms with Crippen molar-refractivity contribution < 1.29 is 14.3 Å². The third kappa shape index (κ3) is 4.39. The van der Waals surface area contributed by atoms with Gasteiger partial charge in [0.2, 0.25) is 17.7 Å². The summed E-state index contributed by atoms with van der Waals surface area (Å²) in [7, 11) is 1.55. The Morgan fingerprint density at radius 2 is 2.04 bits per heavy atom. The number of rotatable bonds is 6. The molecule has 0 bridgehead atoms. The molecule has 1 aliphatic rings. The predicted molar refractivity (Wildman–Crippen MR) is 97.3 cm³/mol. The van der Waals surface area contributed by atoms with Crippen LogP contribution in [0.2, 0.25) is 0 Å². The molecule has 1 aromatic heterocycles. The fourth-order valence-electron chi connectivity index (χ4n) is 3.02. The molecule has 1 N–H and O–H groups in total. The Labute approximate surface area is 153 Å². The lowest BCUT2D eigenvalue weighted by Crippen LogP contribution is -2.32. The van der Waals surface area contributed by atoms with Crippen LogP contribution in [0.25, 0.3) is 0 Å². The quantitative estimate of drug-likeness (QED) is 0.863. The lowest BCUT2D eigenvalue weighted by Gasteiger charge is -2.17. The number of aromatic nitrogens is 1. The number of methoxy groups -OCH3 is 1. The summed E-state index contributed by atoms with van der Waals surface area (Å²) in [5.41, 5.74) is 3.17. The van der Waals surface area contributed by atoms with E-state index in [1.54, 1.807) is 24.3 Å². The molecule has 0 saturated carbocycles. The van der Waals surface area contributed by atoms with Gasteiger partial charge in [0.25, 0.3) is 0 Å². The maximum atomic E-state index is 12.4. The van der Waals surface area contributed by atoms with Crippen LogP contribution in [-0.2, 0) is 22.7 Å². The Balaban J connectivity index is 1.53. The Morgan fingerprint density at radius 1 is 1.27 bits per heavy atom. The van der Waals surface area contributed by atoms with E-state index in [1.165, 1.54) is 5.56 Å². The van der Waals surface area contributed by atoms with E-state index >= 15 is 0 Å². The molecule has 2 amide bonds. The minimum atomic E-state index is -0.309. The van der Waals surface area contributed by atoms with Crippen LogP contribution in [0.15, 0.2) is 42.6 Å². The number of ether oxygens (including phenoxy) is 1. The number of hydrogen-bond donors (Lipinski definition) is 1. The normalized spacial score (nSPS) is 16.6. The van der Waals surface area contributed by atoms with Crippen LogP contribution >= 0.6 is 0 Å². The minimum Gasteiger partial charge on any atom is -0.481 e. The largest absolute Gasteiger partial charge is 0.481 e. The molecule has 0 spiro atoms. The van der Waals surface area contributed by atoms with Crippen LogP contribution in [0, 0.1) is 12.8 Å². The maximum absolute atomic E-state index is 12.4. The molecule has 1 saturated heterocycles. The van der Waals surface area contributed by atoms with Crippen LogP contribution < -0.4 is 10.1 Å². The molecule has 1 unspecified atom stereocenters. The first-order chi connectivity index (χ1) is 12.5. The van der Waals surface area contributed by atoms with E-state index in [9.17, 15) is 9.59 Å². The van der Waals surface area contributed by atoms with Crippen molar-refractivity contribution in [2.45, 2.75) is 26.4 Å². The number of benzene rings is 1. The lowest BCUT2D eigenvalue weighted by atomic mass is 10.1. The Bertz CT molecular complexity index is 789. The molecule has 26 heavy (non-hydrogen) atoms. The van der Waals surface area contributed by atoms with Crippen molar-refractivity contribution in [1.29, 1.82) is 0 Å². The van der Waals surface area contributed by atoms with E-state index in [4.69, 9.17) is 4.74 Å². The van der Waals surface area contributed by atoms with Crippen molar-refractivity contribution in [2.24, 2.45) is 5.92 Å². The lowest BCUT2D eigenvalue weighted by molar-refractivity contribution is -0.129. The summed E-state index contributed by atoms with van der Waals surface area (Å²) < 4.78 is 5.08. The van der Waals surface area contributed by atoms with Crippen LogP contribution in [0.4, 0.5) is 0 Å². The summed E-state index contributed by atoms with van der Waals surface area (Å²) in [4.78, 5) is 30.5. The molecule has 1 aliphatic heterocycles. The SMILES string of the molecule is COc1cc(CNC(=O)C2CC(=O)N(Cc3ccc(C)cc3)C2)ccn1. The Hall–Kier alpha value is -2.89. The molecule has 2 aromatic rings. The van der Waals surface area contributed by atoms with Gasteiger partial charge in [-0.05, 0) is 24.1 Å². The van der Waals surface area contributed by atoms with E-state index in [0.29, 0.717) is 25.5 Å². The second kappa shape index (κ2) is 7.99. The summed E-state index contributed by atoms with van der Waals surface area (Å²) in [6, 6.07) is 11.7. The molecular formula is C20H23N3O3. The molecule has 3 rings (SSSR count). The van der Waals surface area contributed by atoms with Crippen molar-refractivity contribution in [3.63, 3.8) is 0 Å². The van der Waals surface area contributed by atoms with Gasteiger partial charge in [-0.25, -0.2) is 4.98 Å². The highest BCUT2D eigenvalue weighted by atomic mass is 16.5. The van der Waals surface area contributed by atoms with Gasteiger partial charge in [-0.15, -0.1) is 0 Å². The van der Waals surface area contributed by atoms with E-state index in [0.717, 1.165) is 11.1 Å². The van der Waals surface area contributed by atoms with Crippen molar-refractivity contribution >= 4 is 11.8 Å². The van der Waals surface area contributed by atoms with Gasteiger partial charge in [0.1, 0.15) is 0 Å². The summed E-state index contributed by atoms with van der Waals surface area (Å²) in [5, 5.41) is 2.90. The van der Waals surface area contributed by atoms with Gasteiger partial charge in [-0.2, -0.15) is 0 Å². The minimum absolute atomic E-state index is 0.0244. The highest BCUT2D eigenvalue weighted by molar-refractivity contribution is 5.89. The summed E-state index contributed by atoms with van der Waals surface area (Å²) in [5.74, 6) is 0.130. The number of pyridine rings is 1. The van der Waals surface area contributed by atoms with Crippen molar-refractivity contribution in [1.82, 2.24) is 15.2 Å². The highest BCUT2D eigenvalue weighted by Crippen LogP contribution is 2.21. The number of amides is 2. The predicted octanol–water partition coefficient (Wildman–Crippen LogP) is 2.06. The number of nitrogens with one attached hydrogen (secondary N) is 1. The van der Waals surface area contributed by atoms with Crippen LogP contribution in [0.3, 0.4) is 0 Å². The number of nitrogens with zero attached hydrogens (tertiary/aromatic N) is 2. The van der Waals surface area contributed by atoms with Gasteiger partial charge in [-0.3, -0.25) is 9.59 Å². The van der Waals surface area contributed by atoms with Gasteiger partial charge in [-0.1, -0.05) is 29.8 Å². The zero-order valence-corrected chi connectivity index (χ0v) is 15.1. The molecule has 1 aromatic carbocycles. The van der Waals surface area contributed by atoms with Crippen molar-refractivity contribution in [3.8, 4) is 5.88 Å². The second-order valence-electron chi connectivity index (χ2n) is 6.59. The maximum Gasteiger partial charge on any atom is 0.225 e. The summed E-state index contributed by atoms with van der Waals surface area (Å²) in [6.07, 6.45) is 1.90. The average molecular weight is 353 g/mol. The molecule has 1 fully saturated rings. The molecular weight excluding hydrogens is 330 g/mol. The first-order valence-corrected chi connectivity index (χ1v) is 8.65. The standard InChI is InChI=1S/C20H23N3O3/c1-14-3-5-15(6-4-14)12-23-13-17(10-19(23)24)20(25)22-11-16-7-8-21-18(9-16)26-2/h3-9,17H,10-13H2,1-2H3,(H,22,25). The number of carbonyl (C=O) groups is 2. The molecule has 1 atom stereocenters. The van der Waals surface area contributed by atoms with Gasteiger partial charge >= 0.3 is 0 Å². The number of hydrogen-bond acceptors (Lipinski definition) is 4. The fraction of sp³-hybridized carbons (Fsp3) is 0.350. The van der Waals surface area contributed by atoms with Gasteiger partial charge < -0.3 is 15.0 Å². The summed E-state index contributed by atoms with van der Waals surface area (Å²) in [6.45, 7) is 3.42. The van der Waals surface area contributed by atoms with Crippen molar-refractivity contribution in [3.05, 3.63) is 59.3 Å². The van der Waals surface area contributed by atoms with Crippen LogP contribution in [-0.4, -0.2) is 35.4 Å². The molecule has 0 aliphatic carbocycles. The van der Waals surface area contributed by atoms with Crippen molar-refractivity contribution in [2.75, 3.05) is 13.7 Å². The van der Waals surface area contributed by atoms with Gasteiger partial charge in [0, 0.05) is 38.3 Å². The first-order valence-electron chi connectivity index (χ1n) is 8.65. The Kier molecular flexibility index (Phi) is 5.51. The van der Waals surface area contributed by atoms with Gasteiger partial charge in [0.05, 0.1) is 13.0 Å². The van der Waals surface area contributed by atoms with E-state index in [-0.39, 0.29) is 24.2 Å². The second-order valence-corrected chi connectivity index (χ2v) is 6.59.